The molecule has 0 fully saturated rings. The van der Waals surface area contributed by atoms with E-state index in [0.29, 0.717) is 17.3 Å². The largest absolute Gasteiger partial charge is 0.504 e. The van der Waals surface area contributed by atoms with E-state index in [1.54, 1.807) is 12.1 Å². The zero-order valence-corrected chi connectivity index (χ0v) is 12.3. The van der Waals surface area contributed by atoms with Gasteiger partial charge in [-0.25, -0.2) is 0 Å². The number of halogens is 1. The van der Waals surface area contributed by atoms with Gasteiger partial charge in [-0.3, -0.25) is 0 Å². The monoisotopic (exact) mass is 291 g/mol. The summed E-state index contributed by atoms with van der Waals surface area (Å²) in [7, 11) is 1.51. The molecular weight excluding hydrogens is 274 g/mol. The third-order valence-electron chi connectivity index (χ3n) is 3.24. The lowest BCUT2D eigenvalue weighted by atomic mass is 10.1. The van der Waals surface area contributed by atoms with Crippen LogP contribution >= 0.6 is 11.6 Å². The number of phenolic OH excluding ortho intramolecular Hbond substituents is 1. The molecule has 0 heterocycles. The number of rotatable bonds is 5. The molecule has 0 aliphatic carbocycles. The Bertz CT molecular complexity index is 572. The van der Waals surface area contributed by atoms with Gasteiger partial charge in [-0.1, -0.05) is 41.9 Å². The van der Waals surface area contributed by atoms with Gasteiger partial charge in [-0.15, -0.1) is 0 Å². The van der Waals surface area contributed by atoms with Crippen molar-refractivity contribution in [3.05, 3.63) is 58.6 Å². The standard InChI is InChI=1S/C16H18ClNO2/c1-11(12-6-4-3-5-7-12)18-10-13-8-14(17)9-15(20-2)16(13)19/h3-9,11,18-19H,10H2,1-2H3/t11-/m0/s1. The van der Waals surface area contributed by atoms with Gasteiger partial charge >= 0.3 is 0 Å². The van der Waals surface area contributed by atoms with Crippen molar-refractivity contribution in [1.82, 2.24) is 5.32 Å². The van der Waals surface area contributed by atoms with E-state index < -0.39 is 0 Å². The van der Waals surface area contributed by atoms with E-state index in [4.69, 9.17) is 16.3 Å². The highest BCUT2D eigenvalue weighted by atomic mass is 35.5. The number of benzene rings is 2. The first-order valence-corrected chi connectivity index (χ1v) is 6.83. The topological polar surface area (TPSA) is 41.5 Å². The Balaban J connectivity index is 2.09. The van der Waals surface area contributed by atoms with Crippen LogP contribution in [0.4, 0.5) is 0 Å². The van der Waals surface area contributed by atoms with Crippen molar-refractivity contribution in [3.63, 3.8) is 0 Å². The van der Waals surface area contributed by atoms with Crippen LogP contribution in [0.2, 0.25) is 5.02 Å². The molecule has 0 saturated carbocycles. The maximum atomic E-state index is 10.1. The molecule has 1 atom stereocenters. The lowest BCUT2D eigenvalue weighted by Crippen LogP contribution is -2.18. The van der Waals surface area contributed by atoms with E-state index in [2.05, 4.69) is 24.4 Å². The second-order valence-corrected chi connectivity index (χ2v) is 5.07. The molecule has 4 heteroatoms. The highest BCUT2D eigenvalue weighted by Gasteiger charge is 2.11. The summed E-state index contributed by atoms with van der Waals surface area (Å²) in [5, 5.41) is 14.0. The number of methoxy groups -OCH3 is 1. The molecule has 2 rings (SSSR count). The van der Waals surface area contributed by atoms with Gasteiger partial charge in [0.15, 0.2) is 11.5 Å². The predicted molar refractivity (Wildman–Crippen MR) is 81.4 cm³/mol. The van der Waals surface area contributed by atoms with Gasteiger partial charge in [0.1, 0.15) is 0 Å². The molecule has 0 amide bonds. The number of nitrogens with one attached hydrogen (secondary N) is 1. The fourth-order valence-electron chi connectivity index (χ4n) is 2.04. The number of ether oxygens (including phenoxy) is 1. The molecule has 2 aromatic carbocycles. The zero-order valence-electron chi connectivity index (χ0n) is 11.6. The molecule has 3 nitrogen and oxygen atoms in total. The summed E-state index contributed by atoms with van der Waals surface area (Å²) in [6, 6.07) is 13.7. The molecule has 2 aromatic rings. The molecular formula is C16H18ClNO2. The SMILES string of the molecule is COc1cc(Cl)cc(CN[C@@H](C)c2ccccc2)c1O. The smallest absolute Gasteiger partial charge is 0.162 e. The lowest BCUT2D eigenvalue weighted by Gasteiger charge is -2.16. The van der Waals surface area contributed by atoms with Gasteiger partial charge in [0.05, 0.1) is 7.11 Å². The summed E-state index contributed by atoms with van der Waals surface area (Å²) >= 11 is 6.01. The third-order valence-corrected chi connectivity index (χ3v) is 3.46. The van der Waals surface area contributed by atoms with Crippen molar-refractivity contribution < 1.29 is 9.84 Å². The number of aromatic hydroxyl groups is 1. The van der Waals surface area contributed by atoms with Crippen molar-refractivity contribution in [2.45, 2.75) is 19.5 Å². The number of hydrogen-bond donors (Lipinski definition) is 2. The van der Waals surface area contributed by atoms with Crippen molar-refractivity contribution >= 4 is 11.6 Å². The van der Waals surface area contributed by atoms with Crippen LogP contribution in [-0.2, 0) is 6.54 Å². The summed E-state index contributed by atoms with van der Waals surface area (Å²) in [6.07, 6.45) is 0. The average Bonchev–Trinajstić information content (AvgIpc) is 2.48. The summed E-state index contributed by atoms with van der Waals surface area (Å²) in [6.45, 7) is 2.59. The third kappa shape index (κ3) is 3.44. The molecule has 0 aliphatic rings. The van der Waals surface area contributed by atoms with Crippen molar-refractivity contribution in [2.24, 2.45) is 0 Å². The average molecular weight is 292 g/mol. The maximum Gasteiger partial charge on any atom is 0.162 e. The molecule has 0 aromatic heterocycles. The van der Waals surface area contributed by atoms with E-state index in [1.165, 1.54) is 12.7 Å². The van der Waals surface area contributed by atoms with Crippen LogP contribution in [0, 0.1) is 0 Å². The van der Waals surface area contributed by atoms with Crippen LogP contribution in [0.25, 0.3) is 0 Å². The highest BCUT2D eigenvalue weighted by molar-refractivity contribution is 6.30. The van der Waals surface area contributed by atoms with Crippen molar-refractivity contribution in [2.75, 3.05) is 7.11 Å². The summed E-state index contributed by atoms with van der Waals surface area (Å²) < 4.78 is 5.10. The highest BCUT2D eigenvalue weighted by Crippen LogP contribution is 2.33. The molecule has 0 aliphatic heterocycles. The van der Waals surface area contributed by atoms with Gasteiger partial charge in [-0.2, -0.15) is 0 Å². The van der Waals surface area contributed by atoms with E-state index in [9.17, 15) is 5.11 Å². The van der Waals surface area contributed by atoms with Gasteiger partial charge in [0.25, 0.3) is 0 Å². The van der Waals surface area contributed by atoms with Crippen LogP contribution in [0.15, 0.2) is 42.5 Å². The Morgan fingerprint density at radius 1 is 1.25 bits per heavy atom. The summed E-state index contributed by atoms with van der Waals surface area (Å²) in [5.74, 6) is 0.520. The summed E-state index contributed by atoms with van der Waals surface area (Å²) in [5.41, 5.74) is 1.91. The molecule has 0 unspecified atom stereocenters. The zero-order chi connectivity index (χ0) is 14.5. The molecule has 0 bridgehead atoms. The van der Waals surface area contributed by atoms with E-state index in [1.807, 2.05) is 18.2 Å². The van der Waals surface area contributed by atoms with Gasteiger partial charge < -0.3 is 15.2 Å². The van der Waals surface area contributed by atoms with Gasteiger partial charge in [-0.05, 0) is 18.6 Å². The summed E-state index contributed by atoms with van der Waals surface area (Å²) in [4.78, 5) is 0. The number of hydrogen-bond acceptors (Lipinski definition) is 3. The second-order valence-electron chi connectivity index (χ2n) is 4.63. The minimum atomic E-state index is 0.129. The van der Waals surface area contributed by atoms with Crippen LogP contribution in [-0.4, -0.2) is 12.2 Å². The van der Waals surface area contributed by atoms with Gasteiger partial charge in [0.2, 0.25) is 0 Å². The van der Waals surface area contributed by atoms with E-state index in [-0.39, 0.29) is 11.8 Å². The molecule has 0 radical (unpaired) electrons. The Labute approximate surface area is 124 Å². The number of phenols is 1. The molecule has 106 valence electrons. The first kappa shape index (κ1) is 14.7. The van der Waals surface area contributed by atoms with Crippen LogP contribution in [0.1, 0.15) is 24.1 Å². The Hall–Kier alpha value is -1.71. The fraction of sp³-hybridized carbons (Fsp3) is 0.250. The quantitative estimate of drug-likeness (QED) is 0.878. The van der Waals surface area contributed by atoms with E-state index >= 15 is 0 Å². The van der Waals surface area contributed by atoms with Crippen LogP contribution in [0.3, 0.4) is 0 Å². The maximum absolute atomic E-state index is 10.1. The molecule has 2 N–H and O–H groups in total. The van der Waals surface area contributed by atoms with Crippen molar-refractivity contribution in [3.8, 4) is 11.5 Å². The Kier molecular flexibility index (Phi) is 4.88. The second kappa shape index (κ2) is 6.64. The van der Waals surface area contributed by atoms with Crippen molar-refractivity contribution in [1.29, 1.82) is 0 Å². The normalized spacial score (nSPS) is 12.2. The molecule has 0 saturated heterocycles. The lowest BCUT2D eigenvalue weighted by molar-refractivity contribution is 0.369. The minimum Gasteiger partial charge on any atom is -0.504 e. The van der Waals surface area contributed by atoms with Gasteiger partial charge in [0, 0.05) is 29.2 Å². The van der Waals surface area contributed by atoms with Crippen LogP contribution in [0.5, 0.6) is 11.5 Å². The van der Waals surface area contributed by atoms with Crippen LogP contribution < -0.4 is 10.1 Å². The predicted octanol–water partition coefficient (Wildman–Crippen LogP) is 3.91. The Morgan fingerprint density at radius 3 is 2.60 bits per heavy atom. The minimum absolute atomic E-state index is 0.129. The molecule has 0 spiro atoms. The Morgan fingerprint density at radius 2 is 1.95 bits per heavy atom. The molecule has 20 heavy (non-hydrogen) atoms. The fourth-order valence-corrected chi connectivity index (χ4v) is 2.27. The van der Waals surface area contributed by atoms with E-state index in [0.717, 1.165) is 5.56 Å². The first-order chi connectivity index (χ1) is 9.61. The first-order valence-electron chi connectivity index (χ1n) is 6.45.